The lowest BCUT2D eigenvalue weighted by molar-refractivity contribution is 0.367. The van der Waals surface area contributed by atoms with Crippen LogP contribution in [0.3, 0.4) is 0 Å². The van der Waals surface area contributed by atoms with Crippen molar-refractivity contribution in [2.75, 3.05) is 0 Å². The van der Waals surface area contributed by atoms with Crippen molar-refractivity contribution >= 4 is 0 Å². The highest BCUT2D eigenvalue weighted by Crippen LogP contribution is 2.50. The summed E-state index contributed by atoms with van der Waals surface area (Å²) >= 11 is 0. The molecular formula is C14H20. The van der Waals surface area contributed by atoms with Crippen LogP contribution in [0.5, 0.6) is 0 Å². The van der Waals surface area contributed by atoms with E-state index in [9.17, 15) is 0 Å². The van der Waals surface area contributed by atoms with Crippen molar-refractivity contribution in [1.29, 1.82) is 0 Å². The molecule has 1 aliphatic carbocycles. The third kappa shape index (κ3) is 1.20. The standard InChI is InChI=1S/C14H20/c1-5-14(4)10-13(2,3)11-8-6-7-9-12(11)14/h6-9H,5,10H2,1-4H3/t14-/m0/s1. The first kappa shape index (κ1) is 9.76. The Morgan fingerprint density at radius 2 is 1.64 bits per heavy atom. The van der Waals surface area contributed by atoms with Crippen molar-refractivity contribution in [1.82, 2.24) is 0 Å². The molecule has 0 nitrogen and oxygen atoms in total. The van der Waals surface area contributed by atoms with Gasteiger partial charge in [0, 0.05) is 0 Å². The average molecular weight is 188 g/mol. The molecule has 0 saturated heterocycles. The summed E-state index contributed by atoms with van der Waals surface area (Å²) in [5, 5.41) is 0. The zero-order valence-electron chi connectivity index (χ0n) is 9.72. The van der Waals surface area contributed by atoms with Gasteiger partial charge >= 0.3 is 0 Å². The molecule has 1 aromatic rings. The summed E-state index contributed by atoms with van der Waals surface area (Å²) in [6.07, 6.45) is 2.53. The number of hydrogen-bond acceptors (Lipinski definition) is 0. The summed E-state index contributed by atoms with van der Waals surface area (Å²) in [5.74, 6) is 0. The maximum absolute atomic E-state index is 2.40. The molecule has 1 atom stereocenters. The van der Waals surface area contributed by atoms with Crippen LogP contribution in [0.1, 0.15) is 51.7 Å². The average Bonchev–Trinajstić information content (AvgIpc) is 2.37. The Balaban J connectivity index is 2.60. The molecule has 1 aliphatic rings. The van der Waals surface area contributed by atoms with Crippen molar-refractivity contribution in [3.05, 3.63) is 35.4 Å². The van der Waals surface area contributed by atoms with Crippen molar-refractivity contribution < 1.29 is 0 Å². The summed E-state index contributed by atoms with van der Waals surface area (Å²) < 4.78 is 0. The van der Waals surface area contributed by atoms with E-state index in [2.05, 4.69) is 52.0 Å². The van der Waals surface area contributed by atoms with Gasteiger partial charge in [-0.25, -0.2) is 0 Å². The topological polar surface area (TPSA) is 0 Å². The van der Waals surface area contributed by atoms with Crippen LogP contribution < -0.4 is 0 Å². The quantitative estimate of drug-likeness (QED) is 0.624. The zero-order valence-corrected chi connectivity index (χ0v) is 9.72. The maximum atomic E-state index is 2.40. The highest BCUT2D eigenvalue weighted by molar-refractivity contribution is 5.44. The molecule has 0 bridgehead atoms. The lowest BCUT2D eigenvalue weighted by atomic mass is 9.78. The van der Waals surface area contributed by atoms with Gasteiger partial charge in [0.1, 0.15) is 0 Å². The van der Waals surface area contributed by atoms with E-state index in [1.165, 1.54) is 12.8 Å². The predicted molar refractivity (Wildman–Crippen MR) is 61.7 cm³/mol. The second-order valence-electron chi connectivity index (χ2n) is 5.52. The van der Waals surface area contributed by atoms with E-state index >= 15 is 0 Å². The van der Waals surface area contributed by atoms with E-state index in [0.29, 0.717) is 10.8 Å². The number of fused-ring (bicyclic) bond motifs is 1. The number of hydrogen-bond donors (Lipinski definition) is 0. The highest BCUT2D eigenvalue weighted by Gasteiger charge is 2.42. The Morgan fingerprint density at radius 3 is 2.21 bits per heavy atom. The van der Waals surface area contributed by atoms with Gasteiger partial charge in [-0.3, -0.25) is 0 Å². The van der Waals surface area contributed by atoms with E-state index in [4.69, 9.17) is 0 Å². The lowest BCUT2D eigenvalue weighted by Crippen LogP contribution is -2.20. The first-order chi connectivity index (χ1) is 6.49. The van der Waals surface area contributed by atoms with Crippen LogP contribution in [-0.2, 0) is 10.8 Å². The number of rotatable bonds is 1. The largest absolute Gasteiger partial charge is 0.0645 e. The molecule has 14 heavy (non-hydrogen) atoms. The predicted octanol–water partition coefficient (Wildman–Crippen LogP) is 4.04. The Morgan fingerprint density at radius 1 is 1.07 bits per heavy atom. The fourth-order valence-electron chi connectivity index (χ4n) is 3.08. The molecule has 0 unspecified atom stereocenters. The first-order valence-corrected chi connectivity index (χ1v) is 5.60. The molecule has 0 heterocycles. The van der Waals surface area contributed by atoms with Crippen LogP contribution >= 0.6 is 0 Å². The van der Waals surface area contributed by atoms with Gasteiger partial charge in [0.25, 0.3) is 0 Å². The maximum Gasteiger partial charge on any atom is -0.00667 e. The fourth-order valence-corrected chi connectivity index (χ4v) is 3.08. The SMILES string of the molecule is CC[C@@]1(C)CC(C)(C)c2ccccc21. The molecule has 2 rings (SSSR count). The van der Waals surface area contributed by atoms with Crippen LogP contribution in [0.2, 0.25) is 0 Å². The molecule has 0 radical (unpaired) electrons. The van der Waals surface area contributed by atoms with Gasteiger partial charge in [0.15, 0.2) is 0 Å². The van der Waals surface area contributed by atoms with Gasteiger partial charge in [-0.15, -0.1) is 0 Å². The molecule has 0 heteroatoms. The van der Waals surface area contributed by atoms with Gasteiger partial charge in [-0.2, -0.15) is 0 Å². The Kier molecular flexibility index (Phi) is 1.99. The third-order valence-electron chi connectivity index (χ3n) is 3.92. The van der Waals surface area contributed by atoms with Gasteiger partial charge in [-0.1, -0.05) is 52.0 Å². The zero-order chi connectivity index (χ0) is 10.4. The van der Waals surface area contributed by atoms with Crippen LogP contribution in [0.15, 0.2) is 24.3 Å². The molecule has 1 aromatic carbocycles. The second-order valence-corrected chi connectivity index (χ2v) is 5.52. The lowest BCUT2D eigenvalue weighted by Gasteiger charge is -2.25. The van der Waals surface area contributed by atoms with Crippen LogP contribution in [0, 0.1) is 0 Å². The minimum absolute atomic E-state index is 0.362. The normalized spacial score (nSPS) is 28.9. The number of benzene rings is 1. The first-order valence-electron chi connectivity index (χ1n) is 5.60. The van der Waals surface area contributed by atoms with Gasteiger partial charge in [0.2, 0.25) is 0 Å². The summed E-state index contributed by atoms with van der Waals surface area (Å²) in [7, 11) is 0. The van der Waals surface area contributed by atoms with Gasteiger partial charge < -0.3 is 0 Å². The minimum atomic E-state index is 0.362. The van der Waals surface area contributed by atoms with E-state index < -0.39 is 0 Å². The van der Waals surface area contributed by atoms with Crippen LogP contribution in [-0.4, -0.2) is 0 Å². The van der Waals surface area contributed by atoms with Crippen molar-refractivity contribution in [2.45, 2.75) is 51.4 Å². The minimum Gasteiger partial charge on any atom is -0.0645 e. The molecular weight excluding hydrogens is 168 g/mol. The summed E-state index contributed by atoms with van der Waals surface area (Å²) in [5.41, 5.74) is 3.90. The van der Waals surface area contributed by atoms with E-state index in [-0.39, 0.29) is 0 Å². The van der Waals surface area contributed by atoms with E-state index in [1.54, 1.807) is 11.1 Å². The van der Waals surface area contributed by atoms with Crippen LogP contribution in [0.4, 0.5) is 0 Å². The Labute approximate surface area is 87.3 Å². The smallest absolute Gasteiger partial charge is 0.00667 e. The molecule has 0 fully saturated rings. The molecule has 0 amide bonds. The van der Waals surface area contributed by atoms with E-state index in [0.717, 1.165) is 0 Å². The third-order valence-corrected chi connectivity index (χ3v) is 3.92. The Hall–Kier alpha value is -0.780. The molecule has 0 spiro atoms. The van der Waals surface area contributed by atoms with Gasteiger partial charge in [-0.05, 0) is 34.8 Å². The molecule has 0 N–H and O–H groups in total. The summed E-state index contributed by atoms with van der Waals surface area (Å²) in [6, 6.07) is 8.96. The summed E-state index contributed by atoms with van der Waals surface area (Å²) in [6.45, 7) is 9.44. The highest BCUT2D eigenvalue weighted by atomic mass is 14.5. The van der Waals surface area contributed by atoms with E-state index in [1.807, 2.05) is 0 Å². The second kappa shape index (κ2) is 2.85. The molecule has 0 aliphatic heterocycles. The monoisotopic (exact) mass is 188 g/mol. The van der Waals surface area contributed by atoms with Crippen molar-refractivity contribution in [3.63, 3.8) is 0 Å². The van der Waals surface area contributed by atoms with Gasteiger partial charge in [0.05, 0.1) is 0 Å². The van der Waals surface area contributed by atoms with Crippen LogP contribution in [0.25, 0.3) is 0 Å². The summed E-state index contributed by atoms with van der Waals surface area (Å²) in [4.78, 5) is 0. The molecule has 0 saturated carbocycles. The fraction of sp³-hybridized carbons (Fsp3) is 0.571. The van der Waals surface area contributed by atoms with Crippen molar-refractivity contribution in [2.24, 2.45) is 0 Å². The Bertz CT molecular complexity index is 349. The molecule has 0 aromatic heterocycles. The molecule has 76 valence electrons. The van der Waals surface area contributed by atoms with Crippen molar-refractivity contribution in [3.8, 4) is 0 Å².